The number of rotatable bonds is 88. The molecular formula is C89H174O17P2. The lowest BCUT2D eigenvalue weighted by molar-refractivity contribution is -0.161. The molecule has 0 aliphatic rings. The minimum Gasteiger partial charge on any atom is -0.462 e. The van der Waals surface area contributed by atoms with Gasteiger partial charge >= 0.3 is 39.5 Å². The molecule has 0 amide bonds. The number of ether oxygens (including phenoxy) is 4. The monoisotopic (exact) mass is 1580 g/mol. The van der Waals surface area contributed by atoms with Crippen LogP contribution in [0.1, 0.15) is 478 Å². The zero-order valence-corrected chi connectivity index (χ0v) is 73.0. The highest BCUT2D eigenvalue weighted by Gasteiger charge is 2.31. The molecule has 0 aliphatic heterocycles. The van der Waals surface area contributed by atoms with Crippen LogP contribution in [0.5, 0.6) is 0 Å². The molecule has 108 heavy (non-hydrogen) atoms. The minimum absolute atomic E-state index is 0.109. The number of aliphatic hydroxyl groups is 1. The predicted octanol–water partition coefficient (Wildman–Crippen LogP) is 27.4. The summed E-state index contributed by atoms with van der Waals surface area (Å²) in [6.45, 7) is 9.75. The Morgan fingerprint density at radius 3 is 0.630 bits per heavy atom. The van der Waals surface area contributed by atoms with E-state index in [9.17, 15) is 43.2 Å². The normalized spacial score (nSPS) is 13.8. The molecule has 0 aromatic heterocycles. The lowest BCUT2D eigenvalue weighted by Gasteiger charge is -2.21. The maximum absolute atomic E-state index is 13.2. The summed E-state index contributed by atoms with van der Waals surface area (Å²) >= 11 is 0. The molecule has 0 spiro atoms. The van der Waals surface area contributed by atoms with Crippen molar-refractivity contribution in [3.8, 4) is 0 Å². The van der Waals surface area contributed by atoms with Crippen molar-refractivity contribution in [1.29, 1.82) is 0 Å². The Kier molecular flexibility index (Phi) is 78.8. The van der Waals surface area contributed by atoms with Gasteiger partial charge in [-0.15, -0.1) is 0 Å². The molecule has 19 heteroatoms. The number of unbranched alkanes of at least 4 members (excludes halogenated alkanes) is 58. The third kappa shape index (κ3) is 82.1. The van der Waals surface area contributed by atoms with Crippen molar-refractivity contribution < 1.29 is 80.2 Å². The summed E-state index contributed by atoms with van der Waals surface area (Å²) in [5.74, 6) is -0.465. The van der Waals surface area contributed by atoms with Gasteiger partial charge in [-0.1, -0.05) is 427 Å². The van der Waals surface area contributed by atoms with Gasteiger partial charge in [0, 0.05) is 25.7 Å². The van der Waals surface area contributed by atoms with Crippen LogP contribution in [0.4, 0.5) is 0 Å². The van der Waals surface area contributed by atoms with Crippen LogP contribution in [-0.4, -0.2) is 96.7 Å². The summed E-state index contributed by atoms with van der Waals surface area (Å²) in [7, 11) is -9.93. The molecule has 0 saturated heterocycles. The summed E-state index contributed by atoms with van der Waals surface area (Å²) in [6, 6.07) is 0. The van der Waals surface area contributed by atoms with Gasteiger partial charge in [0.15, 0.2) is 12.2 Å². The zero-order valence-electron chi connectivity index (χ0n) is 71.2. The largest absolute Gasteiger partial charge is 0.472 e. The highest BCUT2D eigenvalue weighted by molar-refractivity contribution is 7.47. The van der Waals surface area contributed by atoms with E-state index in [1.54, 1.807) is 0 Å². The maximum atomic E-state index is 13.2. The highest BCUT2D eigenvalue weighted by atomic mass is 31.2. The van der Waals surface area contributed by atoms with Crippen LogP contribution in [0.15, 0.2) is 0 Å². The molecule has 0 aromatic carbocycles. The van der Waals surface area contributed by atoms with Crippen LogP contribution < -0.4 is 0 Å². The third-order valence-corrected chi connectivity index (χ3v) is 22.9. The van der Waals surface area contributed by atoms with E-state index in [-0.39, 0.29) is 25.7 Å². The average molecular weight is 1580 g/mol. The van der Waals surface area contributed by atoms with E-state index in [1.807, 2.05) is 0 Å². The molecule has 17 nitrogen and oxygen atoms in total. The van der Waals surface area contributed by atoms with Gasteiger partial charge in [-0.05, 0) is 37.5 Å². The molecule has 0 rings (SSSR count). The summed E-state index contributed by atoms with van der Waals surface area (Å²) in [4.78, 5) is 73.3. The van der Waals surface area contributed by atoms with Crippen molar-refractivity contribution in [3.05, 3.63) is 0 Å². The van der Waals surface area contributed by atoms with E-state index in [0.29, 0.717) is 25.7 Å². The van der Waals surface area contributed by atoms with Crippen molar-refractivity contribution in [3.63, 3.8) is 0 Å². The van der Waals surface area contributed by atoms with Crippen molar-refractivity contribution in [2.45, 2.75) is 496 Å². The van der Waals surface area contributed by atoms with Crippen LogP contribution in [0.3, 0.4) is 0 Å². The lowest BCUT2D eigenvalue weighted by Crippen LogP contribution is -2.30. The Labute approximate surface area is 664 Å². The average Bonchev–Trinajstić information content (AvgIpc) is 0.903. The number of hydrogen-bond acceptors (Lipinski definition) is 15. The molecule has 0 heterocycles. The first kappa shape index (κ1) is 106. The second-order valence-corrected chi connectivity index (χ2v) is 35.8. The van der Waals surface area contributed by atoms with Gasteiger partial charge in [-0.2, -0.15) is 0 Å². The molecular weight excluding hydrogens is 1400 g/mol. The van der Waals surface area contributed by atoms with Gasteiger partial charge in [0.25, 0.3) is 0 Å². The first-order valence-corrected chi connectivity index (χ1v) is 49.0. The van der Waals surface area contributed by atoms with Gasteiger partial charge < -0.3 is 33.8 Å². The second-order valence-electron chi connectivity index (χ2n) is 32.9. The van der Waals surface area contributed by atoms with Gasteiger partial charge in [-0.25, -0.2) is 9.13 Å². The fourth-order valence-electron chi connectivity index (χ4n) is 14.0. The predicted molar refractivity (Wildman–Crippen MR) is 446 cm³/mol. The Hall–Kier alpha value is -1.94. The van der Waals surface area contributed by atoms with Gasteiger partial charge in [0.1, 0.15) is 19.3 Å². The second kappa shape index (κ2) is 80.3. The lowest BCUT2D eigenvalue weighted by atomic mass is 10.0. The van der Waals surface area contributed by atoms with Gasteiger partial charge in [0.2, 0.25) is 0 Å². The summed E-state index contributed by atoms with van der Waals surface area (Å²) in [6.07, 6.45) is 73.6. The molecule has 0 saturated carbocycles. The van der Waals surface area contributed by atoms with Crippen molar-refractivity contribution >= 4 is 39.5 Å². The molecule has 0 radical (unpaired) electrons. The molecule has 2 unspecified atom stereocenters. The number of carbonyl (C=O) groups excluding carboxylic acids is 4. The van der Waals surface area contributed by atoms with Crippen LogP contribution in [-0.2, 0) is 65.4 Å². The van der Waals surface area contributed by atoms with E-state index in [4.69, 9.17) is 37.0 Å². The number of phosphoric acid groups is 2. The Bertz CT molecular complexity index is 2060. The fraction of sp³-hybridized carbons (Fsp3) is 0.955. The number of esters is 4. The molecule has 0 aromatic rings. The Balaban J connectivity index is 5.22. The van der Waals surface area contributed by atoms with Crippen LogP contribution >= 0.6 is 15.6 Å². The Morgan fingerprint density at radius 2 is 0.426 bits per heavy atom. The van der Waals surface area contributed by atoms with E-state index < -0.39 is 97.5 Å². The van der Waals surface area contributed by atoms with E-state index >= 15 is 0 Å². The molecule has 0 fully saturated rings. The minimum atomic E-state index is -4.97. The zero-order chi connectivity index (χ0) is 79.2. The fourth-order valence-corrected chi connectivity index (χ4v) is 15.5. The van der Waals surface area contributed by atoms with E-state index in [2.05, 4.69) is 41.5 Å². The molecule has 3 N–H and O–H groups in total. The molecule has 5 atom stereocenters. The summed E-state index contributed by atoms with van der Waals surface area (Å²) in [5, 5.41) is 10.7. The van der Waals surface area contributed by atoms with Crippen LogP contribution in [0, 0.1) is 11.8 Å². The number of hydrogen-bond donors (Lipinski definition) is 3. The third-order valence-electron chi connectivity index (χ3n) is 21.0. The van der Waals surface area contributed by atoms with Crippen molar-refractivity contribution in [1.82, 2.24) is 0 Å². The SMILES string of the molecule is CCCCCCCCCCCCCCCCCCCCC(=O)O[C@H](COC(=O)CCCCCCCCCCCC)COP(=O)(O)OC[C@H](O)COP(=O)(O)OC[C@@H](COC(=O)CCCCCCCCCCCCCCCCCCC(C)C)OC(=O)CCCCCCCCCCCCCCCCCCCCC(C)C. The Morgan fingerprint density at radius 1 is 0.250 bits per heavy atom. The standard InChI is InChI=1S/C89H174O17P2/c1-7-9-11-13-15-17-19-20-21-22-26-33-38-43-49-55-61-67-73-88(93)105-84(77-99-86(91)71-65-59-53-47-18-16-14-12-10-8-2)79-103-107(95,96)101-75-83(90)76-102-108(97,98)104-80-85(78-100-87(92)72-66-60-54-48-42-37-32-29-28-31-36-41-46-52-58-64-70-82(5)6)106-89(94)74-68-62-56-50-44-39-34-27-24-23-25-30-35-40-45-51-57-63-69-81(3)4/h81-85,90H,7-80H2,1-6H3,(H,95,96)(H,97,98)/t83-,84+,85+/m0/s1. The quantitative estimate of drug-likeness (QED) is 0.0222. The maximum Gasteiger partial charge on any atom is 0.472 e. The summed E-state index contributed by atoms with van der Waals surface area (Å²) in [5.41, 5.74) is 0. The van der Waals surface area contributed by atoms with Crippen LogP contribution in [0.25, 0.3) is 0 Å². The first-order chi connectivity index (χ1) is 52.4. The van der Waals surface area contributed by atoms with Crippen molar-refractivity contribution in [2.75, 3.05) is 39.6 Å². The van der Waals surface area contributed by atoms with Gasteiger partial charge in [0.05, 0.1) is 26.4 Å². The van der Waals surface area contributed by atoms with E-state index in [1.165, 1.54) is 295 Å². The van der Waals surface area contributed by atoms with Crippen LogP contribution in [0.2, 0.25) is 0 Å². The number of phosphoric ester groups is 2. The first-order valence-electron chi connectivity index (χ1n) is 46.0. The van der Waals surface area contributed by atoms with E-state index in [0.717, 1.165) is 102 Å². The smallest absolute Gasteiger partial charge is 0.462 e. The topological polar surface area (TPSA) is 237 Å². The molecule has 0 aliphatic carbocycles. The number of carbonyl (C=O) groups is 4. The highest BCUT2D eigenvalue weighted by Crippen LogP contribution is 2.45. The molecule has 642 valence electrons. The van der Waals surface area contributed by atoms with Gasteiger partial charge in [-0.3, -0.25) is 37.3 Å². The summed E-state index contributed by atoms with van der Waals surface area (Å²) < 4.78 is 69.0. The molecule has 0 bridgehead atoms. The number of aliphatic hydroxyl groups excluding tert-OH is 1. The van der Waals surface area contributed by atoms with Crippen molar-refractivity contribution in [2.24, 2.45) is 11.8 Å².